The van der Waals surface area contributed by atoms with Gasteiger partial charge < -0.3 is 20.3 Å². The molecule has 0 spiro atoms. The van der Waals surface area contributed by atoms with Crippen molar-refractivity contribution in [1.29, 1.82) is 0 Å². The van der Waals surface area contributed by atoms with Gasteiger partial charge in [-0.1, -0.05) is 18.2 Å². The maximum atomic E-state index is 14.8. The third-order valence-electron chi connectivity index (χ3n) is 7.94. The average molecular weight is 612 g/mol. The Labute approximate surface area is 253 Å². The van der Waals surface area contributed by atoms with E-state index in [0.717, 1.165) is 44.0 Å². The highest BCUT2D eigenvalue weighted by atomic mass is 35.5. The molecule has 1 amide bonds. The number of amides is 1. The number of hydrogen-bond acceptors (Lipinski definition) is 9. The van der Waals surface area contributed by atoms with Crippen LogP contribution in [0.25, 0.3) is 0 Å². The highest BCUT2D eigenvalue weighted by Crippen LogP contribution is 2.42. The SMILES string of the molecule is C=CC(=O)Nc1cc(Nc2cc(N3OCCC3c3c(F)ccc(F)c3Cl)ncn2)c(OC)cc1N1CCN(C2CC2)CC1. The van der Waals surface area contributed by atoms with Gasteiger partial charge in [-0.3, -0.25) is 14.5 Å². The van der Waals surface area contributed by atoms with E-state index >= 15 is 0 Å². The Hall–Kier alpha value is -4.00. The van der Waals surface area contributed by atoms with E-state index in [1.807, 2.05) is 6.07 Å². The molecule has 43 heavy (non-hydrogen) atoms. The molecule has 6 rings (SSSR count). The molecule has 3 heterocycles. The van der Waals surface area contributed by atoms with Gasteiger partial charge in [0.25, 0.3) is 0 Å². The van der Waals surface area contributed by atoms with Crippen LogP contribution in [0.1, 0.15) is 30.9 Å². The lowest BCUT2D eigenvalue weighted by Crippen LogP contribution is -2.47. The molecule has 1 aromatic heterocycles. The number of methoxy groups -OCH3 is 1. The van der Waals surface area contributed by atoms with Crippen molar-refractivity contribution in [2.75, 3.05) is 60.5 Å². The Morgan fingerprint density at radius 2 is 1.86 bits per heavy atom. The molecule has 3 aliphatic rings. The van der Waals surface area contributed by atoms with Gasteiger partial charge in [-0.2, -0.15) is 0 Å². The molecule has 2 saturated heterocycles. The summed E-state index contributed by atoms with van der Waals surface area (Å²) in [6.45, 7) is 7.41. The summed E-state index contributed by atoms with van der Waals surface area (Å²) in [6.07, 6.45) is 5.46. The van der Waals surface area contributed by atoms with E-state index in [1.54, 1.807) is 19.2 Å². The molecule has 1 aliphatic carbocycles. The van der Waals surface area contributed by atoms with Crippen molar-refractivity contribution < 1.29 is 23.1 Å². The van der Waals surface area contributed by atoms with Crippen molar-refractivity contribution in [2.24, 2.45) is 0 Å². The summed E-state index contributed by atoms with van der Waals surface area (Å²) in [7, 11) is 1.57. The second kappa shape index (κ2) is 12.3. The third kappa shape index (κ3) is 6.08. The molecular formula is C30H32ClF2N7O3. The number of nitrogens with zero attached hydrogens (tertiary/aromatic N) is 5. The van der Waals surface area contributed by atoms with E-state index in [1.165, 1.54) is 30.3 Å². The molecular weight excluding hydrogens is 580 g/mol. The number of benzene rings is 2. The number of aromatic nitrogens is 2. The zero-order valence-corrected chi connectivity index (χ0v) is 24.4. The minimum atomic E-state index is -0.713. The maximum Gasteiger partial charge on any atom is 0.247 e. The van der Waals surface area contributed by atoms with Crippen LogP contribution in [0.3, 0.4) is 0 Å². The first kappa shape index (κ1) is 29.1. The number of hydroxylamine groups is 1. The highest BCUT2D eigenvalue weighted by Gasteiger charge is 2.34. The Bertz CT molecular complexity index is 1530. The molecule has 0 radical (unpaired) electrons. The Balaban J connectivity index is 1.28. The first-order chi connectivity index (χ1) is 20.9. The van der Waals surface area contributed by atoms with Crippen LogP contribution in [0.15, 0.2) is 49.3 Å². The van der Waals surface area contributed by atoms with Crippen LogP contribution >= 0.6 is 11.6 Å². The number of carbonyl (C=O) groups excluding carboxylic acids is 1. The number of piperazine rings is 1. The normalized spacial score (nSPS) is 18.9. The van der Waals surface area contributed by atoms with Gasteiger partial charge in [0, 0.05) is 56.3 Å². The zero-order chi connectivity index (χ0) is 30.1. The van der Waals surface area contributed by atoms with Crippen molar-refractivity contribution in [3.05, 3.63) is 71.5 Å². The number of nitrogens with one attached hydrogen (secondary N) is 2. The Kier molecular flexibility index (Phi) is 8.33. The van der Waals surface area contributed by atoms with E-state index < -0.39 is 17.7 Å². The monoisotopic (exact) mass is 611 g/mol. The minimum absolute atomic E-state index is 0.00473. The van der Waals surface area contributed by atoms with E-state index in [2.05, 4.69) is 37.0 Å². The Morgan fingerprint density at radius 1 is 1.09 bits per heavy atom. The van der Waals surface area contributed by atoms with Crippen molar-refractivity contribution in [3.63, 3.8) is 0 Å². The van der Waals surface area contributed by atoms with Crippen LogP contribution < -0.4 is 25.3 Å². The van der Waals surface area contributed by atoms with Gasteiger partial charge in [-0.15, -0.1) is 0 Å². The summed E-state index contributed by atoms with van der Waals surface area (Å²) in [5.74, 6) is -0.430. The van der Waals surface area contributed by atoms with Gasteiger partial charge in [-0.05, 0) is 37.1 Å². The van der Waals surface area contributed by atoms with Crippen LogP contribution in [-0.4, -0.2) is 66.7 Å². The summed E-state index contributed by atoms with van der Waals surface area (Å²) in [4.78, 5) is 31.6. The number of anilines is 5. The van der Waals surface area contributed by atoms with Crippen LogP contribution in [-0.2, 0) is 9.63 Å². The minimum Gasteiger partial charge on any atom is -0.494 e. The van der Waals surface area contributed by atoms with Crippen LogP contribution in [0.5, 0.6) is 5.75 Å². The average Bonchev–Trinajstić information content (AvgIpc) is 3.76. The molecule has 1 unspecified atom stereocenters. The first-order valence-electron chi connectivity index (χ1n) is 14.1. The van der Waals surface area contributed by atoms with Gasteiger partial charge >= 0.3 is 0 Å². The largest absolute Gasteiger partial charge is 0.494 e. The molecule has 226 valence electrons. The molecule has 3 fully saturated rings. The summed E-state index contributed by atoms with van der Waals surface area (Å²) >= 11 is 6.16. The predicted octanol–water partition coefficient (Wildman–Crippen LogP) is 5.45. The fourth-order valence-corrected chi connectivity index (χ4v) is 5.91. The zero-order valence-electron chi connectivity index (χ0n) is 23.7. The molecule has 2 aromatic carbocycles. The maximum absolute atomic E-state index is 14.8. The van der Waals surface area contributed by atoms with E-state index in [4.69, 9.17) is 21.2 Å². The van der Waals surface area contributed by atoms with Crippen molar-refractivity contribution in [1.82, 2.24) is 14.9 Å². The standard InChI is InChI=1S/C30H32ClF2N7O3/c1-3-28(41)37-21-14-22(25(42-2)15-24(21)39-11-9-38(10-12-39)18-4-5-18)36-26-16-27(35-17-34-26)40-23(8-13-43-40)29-19(32)6-7-20(33)30(29)31/h3,6-7,14-18,23H,1,4-5,8-13H2,2H3,(H,37,41)(H,34,35,36). The molecule has 10 nitrogen and oxygen atoms in total. The van der Waals surface area contributed by atoms with Gasteiger partial charge in [0.1, 0.15) is 29.5 Å². The summed E-state index contributed by atoms with van der Waals surface area (Å²) in [5, 5.41) is 7.29. The van der Waals surface area contributed by atoms with Gasteiger partial charge in [0.15, 0.2) is 5.82 Å². The van der Waals surface area contributed by atoms with Crippen LogP contribution in [0.2, 0.25) is 5.02 Å². The van der Waals surface area contributed by atoms with Gasteiger partial charge in [0.2, 0.25) is 5.91 Å². The highest BCUT2D eigenvalue weighted by molar-refractivity contribution is 6.31. The molecule has 13 heteroatoms. The van der Waals surface area contributed by atoms with E-state index in [9.17, 15) is 13.6 Å². The van der Waals surface area contributed by atoms with Crippen LogP contribution in [0.4, 0.5) is 37.5 Å². The van der Waals surface area contributed by atoms with Crippen molar-refractivity contribution >= 4 is 46.2 Å². The number of rotatable bonds is 9. The van der Waals surface area contributed by atoms with Crippen LogP contribution in [0, 0.1) is 11.6 Å². The quantitative estimate of drug-likeness (QED) is 0.242. The number of carbonyl (C=O) groups is 1. The fourth-order valence-electron chi connectivity index (χ4n) is 5.63. The molecule has 1 saturated carbocycles. The molecule has 1 atom stereocenters. The number of halogens is 3. The van der Waals surface area contributed by atoms with Gasteiger partial charge in [-0.25, -0.2) is 23.8 Å². The van der Waals surface area contributed by atoms with E-state index in [-0.39, 0.29) is 23.1 Å². The lowest BCUT2D eigenvalue weighted by molar-refractivity contribution is -0.111. The molecule has 0 bridgehead atoms. The van der Waals surface area contributed by atoms with Crippen molar-refractivity contribution in [2.45, 2.75) is 31.3 Å². The first-order valence-corrected chi connectivity index (χ1v) is 14.5. The second-order valence-corrected chi connectivity index (χ2v) is 11.0. The fraction of sp³-hybridized carbons (Fsp3) is 0.367. The lowest BCUT2D eigenvalue weighted by atomic mass is 10.0. The molecule has 2 N–H and O–H groups in total. The smallest absolute Gasteiger partial charge is 0.247 e. The van der Waals surface area contributed by atoms with Crippen molar-refractivity contribution in [3.8, 4) is 5.75 Å². The number of hydrogen-bond donors (Lipinski definition) is 2. The van der Waals surface area contributed by atoms with Gasteiger partial charge in [0.05, 0.1) is 41.8 Å². The second-order valence-electron chi connectivity index (χ2n) is 10.6. The lowest BCUT2D eigenvalue weighted by Gasteiger charge is -2.37. The summed E-state index contributed by atoms with van der Waals surface area (Å²) in [6, 6.07) is 7.35. The summed E-state index contributed by atoms with van der Waals surface area (Å²) in [5.41, 5.74) is 2.00. The van der Waals surface area contributed by atoms with E-state index in [0.29, 0.717) is 41.2 Å². The number of ether oxygens (including phenoxy) is 1. The third-order valence-corrected chi connectivity index (χ3v) is 8.32. The summed E-state index contributed by atoms with van der Waals surface area (Å²) < 4.78 is 34.7. The topological polar surface area (TPSA) is 95.1 Å². The predicted molar refractivity (Wildman–Crippen MR) is 161 cm³/mol. The molecule has 2 aliphatic heterocycles. The Morgan fingerprint density at radius 3 is 2.58 bits per heavy atom. The molecule has 3 aromatic rings.